The molecule has 190 valence electrons. The average molecular weight is 492 g/mol. The number of aromatic nitrogens is 2. The lowest BCUT2D eigenvalue weighted by Gasteiger charge is -2.24. The van der Waals surface area contributed by atoms with E-state index >= 15 is 0 Å². The summed E-state index contributed by atoms with van der Waals surface area (Å²) in [6, 6.07) is 0.216. The van der Waals surface area contributed by atoms with E-state index in [-0.39, 0.29) is 18.6 Å². The molecule has 0 aliphatic heterocycles. The second-order valence-corrected chi connectivity index (χ2v) is 7.64. The Bertz CT molecular complexity index is 998. The third-order valence-corrected chi connectivity index (χ3v) is 4.95. The minimum Gasteiger partial charge on any atom is -0.508 e. The number of aliphatic carboxylic acids is 1. The lowest BCUT2D eigenvalue weighted by Crippen LogP contribution is -2.59. The average Bonchev–Trinajstić information content (AvgIpc) is 3.34. The monoisotopic (exact) mass is 492 g/mol. The predicted molar refractivity (Wildman–Crippen MR) is 120 cm³/mol. The summed E-state index contributed by atoms with van der Waals surface area (Å²) in [5.41, 5.74) is 6.93. The lowest BCUT2D eigenvalue weighted by atomic mass is 10.0. The molecule has 0 fully saturated rings. The highest BCUT2D eigenvalue weighted by atomic mass is 16.4. The van der Waals surface area contributed by atoms with Crippen LogP contribution in [0.4, 0.5) is 0 Å². The number of nitrogens with one attached hydrogen (secondary N) is 4. The Morgan fingerprint density at radius 2 is 1.46 bits per heavy atom. The number of nitrogens with zero attached hydrogens (tertiary/aromatic N) is 1. The quantitative estimate of drug-likeness (QED) is 0.135. The molecule has 35 heavy (non-hydrogen) atoms. The first-order chi connectivity index (χ1) is 16.6. The van der Waals surface area contributed by atoms with Gasteiger partial charge in [-0.3, -0.25) is 14.4 Å². The first-order valence-corrected chi connectivity index (χ1v) is 10.5. The molecule has 0 saturated heterocycles. The van der Waals surface area contributed by atoms with Gasteiger partial charge in [0.2, 0.25) is 17.7 Å². The van der Waals surface area contributed by atoms with Crippen LogP contribution in [0.25, 0.3) is 0 Å². The van der Waals surface area contributed by atoms with E-state index in [1.54, 1.807) is 0 Å². The summed E-state index contributed by atoms with van der Waals surface area (Å²) < 4.78 is 0. The molecule has 0 radical (unpaired) electrons. The summed E-state index contributed by atoms with van der Waals surface area (Å²) in [6.45, 7) is -1.69. The maximum atomic E-state index is 12.8. The number of rotatable bonds is 13. The maximum absolute atomic E-state index is 12.8. The van der Waals surface area contributed by atoms with Crippen LogP contribution in [0.15, 0.2) is 36.8 Å². The van der Waals surface area contributed by atoms with Crippen molar-refractivity contribution in [2.24, 2.45) is 5.73 Å². The molecule has 0 aliphatic carbocycles. The summed E-state index contributed by atoms with van der Waals surface area (Å²) in [5.74, 6) is -4.10. The Morgan fingerprint density at radius 1 is 0.886 bits per heavy atom. The fraction of sp³-hybridized carbons (Fsp3) is 0.381. The van der Waals surface area contributed by atoms with Crippen LogP contribution in [0.3, 0.4) is 0 Å². The number of carboxylic acids is 1. The van der Waals surface area contributed by atoms with Gasteiger partial charge in [0.15, 0.2) is 0 Å². The molecule has 14 heteroatoms. The number of carboxylic acid groups (broad SMARTS) is 1. The smallest absolute Gasteiger partial charge is 0.328 e. The number of hydrogen-bond acceptors (Lipinski definition) is 9. The van der Waals surface area contributed by atoms with E-state index in [1.807, 2.05) is 0 Å². The fourth-order valence-corrected chi connectivity index (χ4v) is 3.01. The Morgan fingerprint density at radius 3 is 2.00 bits per heavy atom. The van der Waals surface area contributed by atoms with Crippen molar-refractivity contribution in [2.75, 3.05) is 13.2 Å². The molecule has 0 spiro atoms. The van der Waals surface area contributed by atoms with Gasteiger partial charge in [0, 0.05) is 24.7 Å². The second-order valence-electron chi connectivity index (χ2n) is 7.64. The molecule has 1 heterocycles. The predicted octanol–water partition coefficient (Wildman–Crippen LogP) is -3.25. The summed E-state index contributed by atoms with van der Waals surface area (Å²) in [7, 11) is 0. The van der Waals surface area contributed by atoms with E-state index in [0.717, 1.165) is 0 Å². The summed E-state index contributed by atoms with van der Waals surface area (Å²) in [5, 5.41) is 44.1. The molecule has 4 atom stereocenters. The van der Waals surface area contributed by atoms with Gasteiger partial charge in [0.05, 0.1) is 25.6 Å². The number of aliphatic hydroxyl groups is 2. The third-order valence-electron chi connectivity index (χ3n) is 4.95. The van der Waals surface area contributed by atoms with Crippen LogP contribution in [-0.2, 0) is 32.0 Å². The van der Waals surface area contributed by atoms with Crippen LogP contribution in [0.2, 0.25) is 0 Å². The van der Waals surface area contributed by atoms with Gasteiger partial charge in [-0.05, 0) is 17.7 Å². The van der Waals surface area contributed by atoms with Crippen molar-refractivity contribution in [1.82, 2.24) is 25.9 Å². The largest absolute Gasteiger partial charge is 0.508 e. The number of carbonyl (C=O) groups is 4. The van der Waals surface area contributed by atoms with Crippen molar-refractivity contribution in [3.05, 3.63) is 48.0 Å². The first kappa shape index (κ1) is 27.2. The number of phenolic OH excluding ortho intramolecular Hbond substituents is 1. The molecule has 0 saturated carbocycles. The highest BCUT2D eigenvalue weighted by Crippen LogP contribution is 2.12. The number of aliphatic hydroxyl groups excluding tert-OH is 2. The molecular formula is C21H28N6O8. The number of amides is 3. The minimum atomic E-state index is -1.62. The first-order valence-electron chi connectivity index (χ1n) is 10.5. The Balaban J connectivity index is 2.11. The fourth-order valence-electron chi connectivity index (χ4n) is 3.01. The zero-order valence-electron chi connectivity index (χ0n) is 18.5. The second kappa shape index (κ2) is 13.0. The molecule has 14 nitrogen and oxygen atoms in total. The van der Waals surface area contributed by atoms with Crippen LogP contribution in [-0.4, -0.2) is 91.5 Å². The molecule has 2 aromatic rings. The molecule has 0 bridgehead atoms. The van der Waals surface area contributed by atoms with Gasteiger partial charge in [-0.2, -0.15) is 0 Å². The van der Waals surface area contributed by atoms with Crippen molar-refractivity contribution >= 4 is 23.7 Å². The number of aromatic hydroxyl groups is 1. The van der Waals surface area contributed by atoms with Gasteiger partial charge >= 0.3 is 5.97 Å². The molecule has 3 amide bonds. The number of benzene rings is 1. The molecule has 1 aromatic heterocycles. The standard InChI is InChI=1S/C21H28N6O8/c22-14(6-12-7-23-10-24-12)18(31)26-16(8-28)20(33)25-15(5-11-1-3-13(30)4-2-11)19(32)27-17(9-29)21(34)35/h1-4,7,10,14-17,28-30H,5-6,8-9,22H2,(H,23,24)(H,25,33)(H,26,31)(H,27,32)(H,34,35). The Kier molecular flexibility index (Phi) is 10.1. The summed E-state index contributed by atoms with van der Waals surface area (Å²) in [4.78, 5) is 55.6. The number of nitrogens with two attached hydrogens (primary N) is 1. The molecular weight excluding hydrogens is 464 g/mol. The number of hydrogen-bond donors (Lipinski definition) is 9. The SMILES string of the molecule is NC(Cc1cnc[nH]1)C(=O)NC(CO)C(=O)NC(Cc1ccc(O)cc1)C(=O)NC(CO)C(=O)O. The van der Waals surface area contributed by atoms with Gasteiger partial charge in [0.1, 0.15) is 23.9 Å². The molecule has 1 aromatic carbocycles. The number of phenols is 1. The Hall–Kier alpha value is -4.01. The van der Waals surface area contributed by atoms with Crippen molar-refractivity contribution in [3.8, 4) is 5.75 Å². The highest BCUT2D eigenvalue weighted by Gasteiger charge is 2.30. The van der Waals surface area contributed by atoms with E-state index in [1.165, 1.54) is 36.8 Å². The van der Waals surface area contributed by atoms with E-state index < -0.39 is 61.1 Å². The number of aromatic amines is 1. The van der Waals surface area contributed by atoms with E-state index in [0.29, 0.717) is 11.3 Å². The summed E-state index contributed by atoms with van der Waals surface area (Å²) in [6.07, 6.45) is 2.86. The van der Waals surface area contributed by atoms with Crippen molar-refractivity contribution in [3.63, 3.8) is 0 Å². The third kappa shape index (κ3) is 8.37. The zero-order chi connectivity index (χ0) is 26.0. The van der Waals surface area contributed by atoms with E-state index in [2.05, 4.69) is 25.9 Å². The van der Waals surface area contributed by atoms with Crippen molar-refractivity contribution in [2.45, 2.75) is 37.0 Å². The maximum Gasteiger partial charge on any atom is 0.328 e. The van der Waals surface area contributed by atoms with Crippen molar-refractivity contribution < 1.29 is 39.6 Å². The van der Waals surface area contributed by atoms with E-state index in [9.17, 15) is 34.5 Å². The van der Waals surface area contributed by atoms with Gasteiger partial charge in [-0.25, -0.2) is 9.78 Å². The minimum absolute atomic E-state index is 0.0282. The molecule has 4 unspecified atom stereocenters. The van der Waals surface area contributed by atoms with Crippen LogP contribution >= 0.6 is 0 Å². The lowest BCUT2D eigenvalue weighted by molar-refractivity contribution is -0.143. The van der Waals surface area contributed by atoms with Gasteiger partial charge in [-0.15, -0.1) is 0 Å². The Labute approximate surface area is 199 Å². The number of H-pyrrole nitrogens is 1. The molecule has 0 aliphatic rings. The zero-order valence-corrected chi connectivity index (χ0v) is 18.5. The molecule has 2 rings (SSSR count). The van der Waals surface area contributed by atoms with Gasteiger partial charge in [0.25, 0.3) is 0 Å². The highest BCUT2D eigenvalue weighted by molar-refractivity contribution is 5.94. The van der Waals surface area contributed by atoms with Crippen LogP contribution in [0, 0.1) is 0 Å². The van der Waals surface area contributed by atoms with E-state index in [4.69, 9.17) is 10.8 Å². The van der Waals surface area contributed by atoms with Crippen LogP contribution in [0.1, 0.15) is 11.3 Å². The van der Waals surface area contributed by atoms with Gasteiger partial charge < -0.3 is 47.1 Å². The van der Waals surface area contributed by atoms with Crippen LogP contribution < -0.4 is 21.7 Å². The van der Waals surface area contributed by atoms with Crippen LogP contribution in [0.5, 0.6) is 5.75 Å². The van der Waals surface area contributed by atoms with Gasteiger partial charge in [-0.1, -0.05) is 12.1 Å². The topological polar surface area (TPSA) is 240 Å². The molecule has 10 N–H and O–H groups in total. The van der Waals surface area contributed by atoms with Crippen molar-refractivity contribution in [1.29, 1.82) is 0 Å². The normalized spacial score (nSPS) is 14.3. The summed E-state index contributed by atoms with van der Waals surface area (Å²) >= 11 is 0. The number of imidazole rings is 1. The number of carbonyl (C=O) groups excluding carboxylic acids is 3.